The molecule has 1 heterocycles. The molecule has 0 unspecified atom stereocenters. The van der Waals surface area contributed by atoms with E-state index in [1.807, 2.05) is 0 Å². The Balaban J connectivity index is 0.00000144. The molecule has 0 aliphatic heterocycles. The molecule has 1 aromatic heterocycles. The summed E-state index contributed by atoms with van der Waals surface area (Å²) in [7, 11) is -4.76. The second-order valence-electron chi connectivity index (χ2n) is 3.05. The molecule has 0 radical (unpaired) electrons. The fourth-order valence-corrected chi connectivity index (χ4v) is 2.76. The van der Waals surface area contributed by atoms with Gasteiger partial charge in [0, 0.05) is 5.39 Å². The van der Waals surface area contributed by atoms with Crippen molar-refractivity contribution in [2.45, 2.75) is 5.03 Å². The number of benzene rings is 1. The van der Waals surface area contributed by atoms with Gasteiger partial charge in [-0.2, -0.15) is 0 Å². The van der Waals surface area contributed by atoms with Gasteiger partial charge in [-0.3, -0.25) is 0 Å². The third-order valence-corrected chi connectivity index (χ3v) is 3.86. The molecule has 0 saturated heterocycles. The topological polar surface area (TPSA) is 90.3 Å². The van der Waals surface area contributed by atoms with Crippen LogP contribution >= 0.6 is 22.6 Å². The Morgan fingerprint density at radius 2 is 1.88 bits per heavy atom. The summed E-state index contributed by atoms with van der Waals surface area (Å²) < 4.78 is 32.9. The Kier molecular flexibility index (Phi) is 4.78. The van der Waals surface area contributed by atoms with E-state index < -0.39 is 20.9 Å². The number of para-hydroxylation sites is 1. The number of rotatable bonds is 1. The second-order valence-corrected chi connectivity index (χ2v) is 5.42. The average Bonchev–Trinajstić information content (AvgIpc) is 2.22. The summed E-state index contributed by atoms with van der Waals surface area (Å²) in [6.45, 7) is 0. The second kappa shape index (κ2) is 5.37. The van der Waals surface area contributed by atoms with Gasteiger partial charge >= 0.3 is 29.6 Å². The molecule has 1 aromatic carbocycles. The van der Waals surface area contributed by atoms with Crippen molar-refractivity contribution in [1.29, 1.82) is 0 Å². The molecule has 0 aliphatic rings. The van der Waals surface area contributed by atoms with Crippen LogP contribution in [-0.2, 0) is 10.1 Å². The van der Waals surface area contributed by atoms with E-state index in [9.17, 15) is 18.1 Å². The van der Waals surface area contributed by atoms with Crippen molar-refractivity contribution in [2.75, 3.05) is 0 Å². The van der Waals surface area contributed by atoms with Crippen LogP contribution in [0.4, 0.5) is 0 Å². The van der Waals surface area contributed by atoms with Crippen molar-refractivity contribution in [1.82, 2.24) is 4.98 Å². The monoisotopic (exact) mass is 373 g/mol. The quantitative estimate of drug-likeness (QED) is 0.372. The summed E-state index contributed by atoms with van der Waals surface area (Å²) in [4.78, 5) is 3.65. The minimum absolute atomic E-state index is 0. The molecule has 2 aromatic rings. The maximum Gasteiger partial charge on any atom is 1.00 e. The van der Waals surface area contributed by atoms with E-state index in [1.165, 1.54) is 0 Å². The molecular weight excluding hydrogens is 368 g/mol. The van der Waals surface area contributed by atoms with Crippen LogP contribution in [0.25, 0.3) is 10.9 Å². The SMILES string of the molecule is O=S(=O)([O-])c1nc2ccccc2c(I)c1O.[Na+]. The minimum atomic E-state index is -4.76. The third kappa shape index (κ3) is 2.91. The van der Waals surface area contributed by atoms with E-state index in [0.29, 0.717) is 14.5 Å². The van der Waals surface area contributed by atoms with Crippen molar-refractivity contribution in [3.8, 4) is 5.75 Å². The van der Waals surface area contributed by atoms with Gasteiger partial charge in [0.1, 0.15) is 10.1 Å². The van der Waals surface area contributed by atoms with Crippen LogP contribution < -0.4 is 29.6 Å². The van der Waals surface area contributed by atoms with Crippen molar-refractivity contribution >= 4 is 43.6 Å². The molecule has 0 aliphatic carbocycles. The number of hydrogen-bond donors (Lipinski definition) is 1. The first kappa shape index (κ1) is 15.1. The zero-order chi connectivity index (χ0) is 11.9. The van der Waals surface area contributed by atoms with Crippen LogP contribution in [0.2, 0.25) is 0 Å². The molecule has 84 valence electrons. The number of pyridine rings is 1. The van der Waals surface area contributed by atoms with Gasteiger partial charge in [0.05, 0.1) is 9.09 Å². The number of aromatic hydroxyl groups is 1. The zero-order valence-electron chi connectivity index (χ0n) is 8.71. The first-order chi connectivity index (χ1) is 7.41. The summed E-state index contributed by atoms with van der Waals surface area (Å²) >= 11 is 1.77. The van der Waals surface area contributed by atoms with Crippen molar-refractivity contribution in [2.24, 2.45) is 0 Å². The van der Waals surface area contributed by atoms with E-state index in [1.54, 1.807) is 46.9 Å². The molecule has 0 amide bonds. The molecule has 0 fully saturated rings. The van der Waals surface area contributed by atoms with Crippen molar-refractivity contribution in [3.63, 3.8) is 0 Å². The summed E-state index contributed by atoms with van der Waals surface area (Å²) in [5.74, 6) is -0.589. The van der Waals surface area contributed by atoms with Crippen LogP contribution in [0.15, 0.2) is 29.3 Å². The Bertz CT molecular complexity index is 674. The van der Waals surface area contributed by atoms with Gasteiger partial charge in [-0.15, -0.1) is 0 Å². The van der Waals surface area contributed by atoms with E-state index in [0.717, 1.165) is 0 Å². The minimum Gasteiger partial charge on any atom is -0.743 e. The first-order valence-corrected chi connectivity index (χ1v) is 6.63. The fraction of sp³-hybridized carbons (Fsp3) is 0. The summed E-state index contributed by atoms with van der Waals surface area (Å²) in [6, 6.07) is 6.66. The summed E-state index contributed by atoms with van der Waals surface area (Å²) in [5, 5.41) is 9.36. The van der Waals surface area contributed by atoms with Crippen LogP contribution in [0.3, 0.4) is 0 Å². The van der Waals surface area contributed by atoms with Crippen molar-refractivity contribution < 1.29 is 47.6 Å². The summed E-state index contributed by atoms with van der Waals surface area (Å²) in [5.41, 5.74) is 0.360. The molecule has 0 atom stereocenters. The maximum absolute atomic E-state index is 10.9. The zero-order valence-corrected chi connectivity index (χ0v) is 13.7. The predicted molar refractivity (Wildman–Crippen MR) is 64.1 cm³/mol. The van der Waals surface area contributed by atoms with Crippen molar-refractivity contribution in [3.05, 3.63) is 27.8 Å². The largest absolute Gasteiger partial charge is 1.00 e. The maximum atomic E-state index is 10.9. The molecular formula is C9H5INNaO4S. The van der Waals surface area contributed by atoms with E-state index in [-0.39, 0.29) is 29.6 Å². The average molecular weight is 373 g/mol. The predicted octanol–water partition coefficient (Wildman–Crippen LogP) is -1.55. The number of hydrogen-bond acceptors (Lipinski definition) is 5. The number of fused-ring (bicyclic) bond motifs is 1. The van der Waals surface area contributed by atoms with Crippen LogP contribution in [0.1, 0.15) is 0 Å². The smallest absolute Gasteiger partial charge is 0.743 e. The Morgan fingerprint density at radius 1 is 1.29 bits per heavy atom. The van der Waals surface area contributed by atoms with E-state index in [4.69, 9.17) is 0 Å². The first-order valence-electron chi connectivity index (χ1n) is 4.14. The van der Waals surface area contributed by atoms with Gasteiger partial charge < -0.3 is 9.66 Å². The molecule has 17 heavy (non-hydrogen) atoms. The molecule has 5 nitrogen and oxygen atoms in total. The number of halogens is 1. The Hall–Kier alpha value is 0.0700. The van der Waals surface area contributed by atoms with Crippen LogP contribution in [0, 0.1) is 3.57 Å². The molecule has 2 rings (SSSR count). The van der Waals surface area contributed by atoms with Crippen LogP contribution in [-0.4, -0.2) is 23.1 Å². The molecule has 0 saturated carbocycles. The van der Waals surface area contributed by atoms with Gasteiger partial charge in [0.15, 0.2) is 10.8 Å². The summed E-state index contributed by atoms with van der Waals surface area (Å²) in [6.07, 6.45) is 0. The number of aromatic nitrogens is 1. The molecule has 8 heteroatoms. The van der Waals surface area contributed by atoms with Crippen LogP contribution in [0.5, 0.6) is 5.75 Å². The molecule has 0 bridgehead atoms. The van der Waals surface area contributed by atoms with Gasteiger partial charge in [0.2, 0.25) is 0 Å². The molecule has 0 spiro atoms. The normalized spacial score (nSPS) is 11.2. The molecule has 1 N–H and O–H groups in total. The third-order valence-electron chi connectivity index (χ3n) is 2.01. The fourth-order valence-electron chi connectivity index (χ4n) is 1.31. The van der Waals surface area contributed by atoms with Gasteiger partial charge in [-0.25, -0.2) is 13.4 Å². The van der Waals surface area contributed by atoms with Gasteiger partial charge in [-0.05, 0) is 28.7 Å². The van der Waals surface area contributed by atoms with E-state index >= 15 is 0 Å². The number of nitrogens with zero attached hydrogens (tertiary/aromatic N) is 1. The Labute approximate surface area is 133 Å². The van der Waals surface area contributed by atoms with Gasteiger partial charge in [-0.1, -0.05) is 18.2 Å². The Morgan fingerprint density at radius 3 is 2.47 bits per heavy atom. The van der Waals surface area contributed by atoms with E-state index in [2.05, 4.69) is 4.98 Å². The van der Waals surface area contributed by atoms with Gasteiger partial charge in [0.25, 0.3) is 0 Å². The standard InChI is InChI=1S/C9H6INO4S.Na/c10-7-5-3-1-2-4-6(5)11-9(8(7)12)16(13,14)15;/h1-4,12H,(H,13,14,15);/q;+1/p-1.